The Balaban J connectivity index is 3.57. The summed E-state index contributed by atoms with van der Waals surface area (Å²) < 4.78 is 0. The molecule has 1 amide bonds. The highest BCUT2D eigenvalue weighted by molar-refractivity contribution is 5.76. The van der Waals surface area contributed by atoms with Gasteiger partial charge in [0.15, 0.2) is 0 Å². The molecule has 63 heavy (non-hydrogen) atoms. The Bertz CT molecular complexity index is 978. The molecule has 0 aliphatic rings. The summed E-state index contributed by atoms with van der Waals surface area (Å²) in [7, 11) is 0. The SMILES string of the molecule is CCCCCCCCCCCCC/C=C/CC/C=C/CCCC(O)C(O)C(CO)NC(=O)CCCCCCCCCCCCCCC/C=C\CCCCCCCCCCCCCC. The molecule has 0 rings (SSSR count). The molecule has 0 bridgehead atoms. The molecule has 0 aromatic heterocycles. The van der Waals surface area contributed by atoms with Crippen molar-refractivity contribution in [1.29, 1.82) is 0 Å². The Kier molecular flexibility index (Phi) is 52.0. The van der Waals surface area contributed by atoms with Crippen LogP contribution in [0.5, 0.6) is 0 Å². The molecule has 0 heterocycles. The van der Waals surface area contributed by atoms with E-state index in [1.54, 1.807) is 0 Å². The zero-order valence-corrected chi connectivity index (χ0v) is 42.5. The van der Waals surface area contributed by atoms with Crippen molar-refractivity contribution in [2.24, 2.45) is 0 Å². The van der Waals surface area contributed by atoms with Crippen LogP contribution in [0.25, 0.3) is 0 Å². The van der Waals surface area contributed by atoms with Crippen molar-refractivity contribution >= 4 is 5.91 Å². The molecule has 0 radical (unpaired) electrons. The maximum atomic E-state index is 12.5. The van der Waals surface area contributed by atoms with Gasteiger partial charge in [-0.2, -0.15) is 0 Å². The Hall–Kier alpha value is -1.43. The largest absolute Gasteiger partial charge is 0.394 e. The highest BCUT2D eigenvalue weighted by Crippen LogP contribution is 2.17. The fourth-order valence-corrected chi connectivity index (χ4v) is 8.82. The summed E-state index contributed by atoms with van der Waals surface area (Å²) in [6, 6.07) is -0.833. The van der Waals surface area contributed by atoms with Crippen LogP contribution >= 0.6 is 0 Å². The topological polar surface area (TPSA) is 89.8 Å². The molecule has 3 unspecified atom stereocenters. The number of carbonyl (C=O) groups is 1. The third-order valence-electron chi connectivity index (χ3n) is 13.2. The molecular formula is C58H111NO4. The van der Waals surface area contributed by atoms with Gasteiger partial charge in [-0.15, -0.1) is 0 Å². The number of aliphatic hydroxyl groups excluding tert-OH is 3. The van der Waals surface area contributed by atoms with Gasteiger partial charge in [0.25, 0.3) is 0 Å². The number of allylic oxidation sites excluding steroid dienone is 6. The quantitative estimate of drug-likeness (QED) is 0.0362. The van der Waals surface area contributed by atoms with Crippen molar-refractivity contribution in [3.63, 3.8) is 0 Å². The van der Waals surface area contributed by atoms with Gasteiger partial charge in [-0.3, -0.25) is 4.79 Å². The van der Waals surface area contributed by atoms with Gasteiger partial charge < -0.3 is 20.6 Å². The number of rotatable bonds is 52. The Labute approximate surface area is 394 Å². The Morgan fingerprint density at radius 2 is 0.651 bits per heavy atom. The molecule has 3 atom stereocenters. The summed E-state index contributed by atoms with van der Waals surface area (Å²) in [5.41, 5.74) is 0. The average Bonchev–Trinajstić information content (AvgIpc) is 3.29. The predicted molar refractivity (Wildman–Crippen MR) is 278 cm³/mol. The minimum absolute atomic E-state index is 0.155. The first-order valence-corrected chi connectivity index (χ1v) is 28.3. The van der Waals surface area contributed by atoms with E-state index in [0.717, 1.165) is 44.9 Å². The van der Waals surface area contributed by atoms with Crippen molar-refractivity contribution < 1.29 is 20.1 Å². The third-order valence-corrected chi connectivity index (χ3v) is 13.2. The maximum Gasteiger partial charge on any atom is 0.220 e. The lowest BCUT2D eigenvalue weighted by atomic mass is 10.0. The Morgan fingerprint density at radius 1 is 0.381 bits per heavy atom. The number of hydrogen-bond acceptors (Lipinski definition) is 4. The van der Waals surface area contributed by atoms with Crippen LogP contribution in [0.1, 0.15) is 303 Å². The second-order valence-corrected chi connectivity index (χ2v) is 19.5. The molecule has 0 aliphatic carbocycles. The monoisotopic (exact) mass is 886 g/mol. The van der Waals surface area contributed by atoms with Crippen molar-refractivity contribution in [2.45, 2.75) is 321 Å². The third kappa shape index (κ3) is 48.3. The van der Waals surface area contributed by atoms with Gasteiger partial charge in [0.2, 0.25) is 5.91 Å². The minimum atomic E-state index is -1.17. The second kappa shape index (κ2) is 53.2. The minimum Gasteiger partial charge on any atom is -0.394 e. The lowest BCUT2D eigenvalue weighted by Gasteiger charge is -2.26. The van der Waals surface area contributed by atoms with E-state index in [9.17, 15) is 20.1 Å². The van der Waals surface area contributed by atoms with E-state index in [2.05, 4.69) is 55.6 Å². The summed E-state index contributed by atoms with van der Waals surface area (Å²) in [6.45, 7) is 4.19. The van der Waals surface area contributed by atoms with Gasteiger partial charge in [-0.05, 0) is 77.0 Å². The van der Waals surface area contributed by atoms with Gasteiger partial charge >= 0.3 is 0 Å². The fraction of sp³-hybridized carbons (Fsp3) is 0.879. The standard InChI is InChI=1S/C58H111NO4/c1-3-5-7-9-11-13-15-17-19-21-23-25-26-27-28-29-30-31-32-33-35-37-39-41-43-45-47-49-51-53-57(62)59-55(54-60)58(63)56(61)52-50-48-46-44-42-40-38-36-34-24-22-20-18-16-14-12-10-8-6-4-2/h27-28,36,38,44,46,55-56,58,60-61,63H,3-26,29-35,37,39-43,45,47-54H2,1-2H3,(H,59,62)/b28-27-,38-36+,46-44+. The molecule has 0 aliphatic heterocycles. The van der Waals surface area contributed by atoms with Crippen molar-refractivity contribution in [3.8, 4) is 0 Å². The first-order valence-electron chi connectivity index (χ1n) is 28.3. The molecule has 372 valence electrons. The lowest BCUT2D eigenvalue weighted by molar-refractivity contribution is -0.124. The van der Waals surface area contributed by atoms with Gasteiger partial charge in [-0.25, -0.2) is 0 Å². The first-order chi connectivity index (χ1) is 31.1. The molecule has 5 heteroatoms. The summed E-state index contributed by atoms with van der Waals surface area (Å²) in [5, 5.41) is 33.7. The molecule has 0 fully saturated rings. The number of aliphatic hydroxyl groups is 3. The highest BCUT2D eigenvalue weighted by Gasteiger charge is 2.26. The average molecular weight is 887 g/mol. The fourth-order valence-electron chi connectivity index (χ4n) is 8.82. The smallest absolute Gasteiger partial charge is 0.220 e. The van der Waals surface area contributed by atoms with Crippen LogP contribution in [0, 0.1) is 0 Å². The van der Waals surface area contributed by atoms with E-state index >= 15 is 0 Å². The number of carbonyl (C=O) groups excluding carboxylic acids is 1. The molecule has 5 nitrogen and oxygen atoms in total. The van der Waals surface area contributed by atoms with Crippen LogP contribution in [-0.2, 0) is 4.79 Å². The first kappa shape index (κ1) is 61.6. The highest BCUT2D eigenvalue weighted by atomic mass is 16.3. The number of unbranched alkanes of at least 4 members (excludes halogenated alkanes) is 38. The molecule has 4 N–H and O–H groups in total. The zero-order chi connectivity index (χ0) is 45.8. The summed E-state index contributed by atoms with van der Waals surface area (Å²) in [5.74, 6) is -0.155. The molecule has 0 aromatic rings. The lowest BCUT2D eigenvalue weighted by Crippen LogP contribution is -2.50. The summed E-state index contributed by atoms with van der Waals surface area (Å²) in [4.78, 5) is 12.5. The summed E-state index contributed by atoms with van der Waals surface area (Å²) >= 11 is 0. The number of hydrogen-bond donors (Lipinski definition) is 4. The number of nitrogens with one attached hydrogen (secondary N) is 1. The molecule has 0 aromatic carbocycles. The van der Waals surface area contributed by atoms with Crippen LogP contribution in [0.15, 0.2) is 36.5 Å². The van der Waals surface area contributed by atoms with Gasteiger partial charge in [0.05, 0.1) is 18.8 Å². The van der Waals surface area contributed by atoms with Crippen LogP contribution < -0.4 is 5.32 Å². The van der Waals surface area contributed by atoms with E-state index in [1.807, 2.05) is 0 Å². The van der Waals surface area contributed by atoms with Crippen molar-refractivity contribution in [2.75, 3.05) is 6.61 Å². The Morgan fingerprint density at radius 3 is 0.968 bits per heavy atom. The molecule has 0 saturated carbocycles. The van der Waals surface area contributed by atoms with Crippen molar-refractivity contribution in [1.82, 2.24) is 5.32 Å². The van der Waals surface area contributed by atoms with E-state index in [0.29, 0.717) is 12.8 Å². The predicted octanol–water partition coefficient (Wildman–Crippen LogP) is 17.4. The molecule has 0 saturated heterocycles. The molecule has 0 spiro atoms. The van der Waals surface area contributed by atoms with Gasteiger partial charge in [-0.1, -0.05) is 256 Å². The summed E-state index contributed by atoms with van der Waals surface area (Å²) in [6.07, 6.45) is 68.7. The van der Waals surface area contributed by atoms with E-state index in [-0.39, 0.29) is 12.5 Å². The van der Waals surface area contributed by atoms with Gasteiger partial charge in [0, 0.05) is 6.42 Å². The van der Waals surface area contributed by atoms with E-state index in [1.165, 1.54) is 231 Å². The maximum absolute atomic E-state index is 12.5. The molecular weight excluding hydrogens is 775 g/mol. The number of amides is 1. The second-order valence-electron chi connectivity index (χ2n) is 19.5. The zero-order valence-electron chi connectivity index (χ0n) is 42.5. The van der Waals surface area contributed by atoms with Crippen LogP contribution in [0.2, 0.25) is 0 Å². The van der Waals surface area contributed by atoms with E-state index < -0.39 is 18.2 Å². The van der Waals surface area contributed by atoms with Crippen LogP contribution in [0.4, 0.5) is 0 Å². The van der Waals surface area contributed by atoms with Crippen molar-refractivity contribution in [3.05, 3.63) is 36.5 Å². The normalized spacial score (nSPS) is 13.5. The van der Waals surface area contributed by atoms with E-state index in [4.69, 9.17) is 0 Å². The van der Waals surface area contributed by atoms with Crippen LogP contribution in [0.3, 0.4) is 0 Å². The van der Waals surface area contributed by atoms with Crippen LogP contribution in [-0.4, -0.2) is 46.1 Å². The van der Waals surface area contributed by atoms with Gasteiger partial charge in [0.1, 0.15) is 6.10 Å².